The average Bonchev–Trinajstić information content (AvgIpc) is 2.91. The zero-order valence-electron chi connectivity index (χ0n) is 17.3. The van der Waals surface area contributed by atoms with Gasteiger partial charge in [0.25, 0.3) is 0 Å². The Morgan fingerprint density at radius 1 is 1.17 bits per heavy atom. The van der Waals surface area contributed by atoms with Gasteiger partial charge in [-0.25, -0.2) is 0 Å². The highest BCUT2D eigenvalue weighted by Crippen LogP contribution is 2.38. The first-order valence-corrected chi connectivity index (χ1v) is 10.5. The van der Waals surface area contributed by atoms with Crippen LogP contribution < -0.4 is 14.8 Å². The number of nitrogens with one attached hydrogen (secondary N) is 1. The summed E-state index contributed by atoms with van der Waals surface area (Å²) in [4.78, 5) is 15.3. The maximum absolute atomic E-state index is 13.3. The molecule has 1 aliphatic heterocycles. The van der Waals surface area contributed by atoms with Gasteiger partial charge in [0.1, 0.15) is 17.1 Å². The molecule has 0 aromatic heterocycles. The van der Waals surface area contributed by atoms with Crippen LogP contribution in [0, 0.1) is 0 Å². The quantitative estimate of drug-likeness (QED) is 0.862. The number of carbonyl (C=O) groups excluding carboxylic acids is 1. The summed E-state index contributed by atoms with van der Waals surface area (Å²) < 4.78 is 12.1. The number of ether oxygens (including phenoxy) is 2. The highest BCUT2D eigenvalue weighted by atomic mass is 16.5. The van der Waals surface area contributed by atoms with E-state index < -0.39 is 0 Å². The van der Waals surface area contributed by atoms with E-state index in [-0.39, 0.29) is 11.5 Å². The van der Waals surface area contributed by atoms with Crippen molar-refractivity contribution in [3.8, 4) is 11.5 Å². The number of nitrogens with zero attached hydrogens (tertiary/aromatic N) is 1. The average molecular weight is 395 g/mol. The van der Waals surface area contributed by atoms with Crippen molar-refractivity contribution >= 4 is 5.91 Å². The van der Waals surface area contributed by atoms with Crippen molar-refractivity contribution in [3.63, 3.8) is 0 Å². The van der Waals surface area contributed by atoms with Crippen molar-refractivity contribution in [3.05, 3.63) is 59.7 Å². The molecule has 5 nitrogen and oxygen atoms in total. The van der Waals surface area contributed by atoms with Crippen LogP contribution in [0.5, 0.6) is 11.5 Å². The minimum absolute atomic E-state index is 0.116. The van der Waals surface area contributed by atoms with E-state index in [4.69, 9.17) is 9.47 Å². The standard InChI is InChI=1S/C24H30N2O3/c1-25-20-11-13-24(14-12-20)17-26(16-19-8-4-6-10-22(19)29-24)23(27)15-18-7-3-5-9-21(18)28-2/h3-10,20,25H,11-17H2,1-2H3. The summed E-state index contributed by atoms with van der Waals surface area (Å²) in [7, 11) is 3.67. The van der Waals surface area contributed by atoms with Crippen LogP contribution in [0.2, 0.25) is 0 Å². The number of benzene rings is 2. The van der Waals surface area contributed by atoms with E-state index in [0.717, 1.165) is 48.3 Å². The molecule has 154 valence electrons. The van der Waals surface area contributed by atoms with Gasteiger partial charge in [0.05, 0.1) is 20.1 Å². The van der Waals surface area contributed by atoms with Gasteiger partial charge < -0.3 is 19.7 Å². The first-order valence-electron chi connectivity index (χ1n) is 10.5. The van der Waals surface area contributed by atoms with Crippen molar-refractivity contribution in [1.82, 2.24) is 10.2 Å². The second-order valence-electron chi connectivity index (χ2n) is 8.19. The number of rotatable bonds is 4. The predicted octanol–water partition coefficient (Wildman–Crippen LogP) is 3.56. The highest BCUT2D eigenvalue weighted by molar-refractivity contribution is 5.80. The second-order valence-corrected chi connectivity index (χ2v) is 8.19. The molecule has 0 radical (unpaired) electrons. The number of amides is 1. The zero-order chi connectivity index (χ0) is 20.3. The maximum atomic E-state index is 13.3. The van der Waals surface area contributed by atoms with E-state index in [9.17, 15) is 4.79 Å². The third-order valence-corrected chi connectivity index (χ3v) is 6.33. The molecule has 29 heavy (non-hydrogen) atoms. The molecule has 0 atom stereocenters. The lowest BCUT2D eigenvalue weighted by Gasteiger charge is -2.41. The van der Waals surface area contributed by atoms with Gasteiger partial charge in [0.2, 0.25) is 5.91 Å². The van der Waals surface area contributed by atoms with E-state index in [1.54, 1.807) is 7.11 Å². The summed E-state index contributed by atoms with van der Waals surface area (Å²) in [6.45, 7) is 1.22. The van der Waals surface area contributed by atoms with Crippen molar-refractivity contribution in [2.45, 2.75) is 50.3 Å². The third kappa shape index (κ3) is 4.25. The number of para-hydroxylation sites is 2. The van der Waals surface area contributed by atoms with E-state index in [1.165, 1.54) is 0 Å². The SMILES string of the molecule is CNC1CCC2(CC1)CN(C(=O)Cc1ccccc1OC)Cc1ccccc1O2. The Hall–Kier alpha value is -2.53. The molecule has 1 aliphatic carbocycles. The van der Waals surface area contributed by atoms with Gasteiger partial charge in [0.15, 0.2) is 0 Å². The molecule has 1 heterocycles. The minimum atomic E-state index is -0.309. The predicted molar refractivity (Wildman–Crippen MR) is 113 cm³/mol. The number of carbonyl (C=O) groups is 1. The fourth-order valence-electron chi connectivity index (χ4n) is 4.60. The Kier molecular flexibility index (Phi) is 5.76. The molecule has 4 rings (SSSR count). The molecular weight excluding hydrogens is 364 g/mol. The molecular formula is C24H30N2O3. The molecule has 2 aromatic carbocycles. The van der Waals surface area contributed by atoms with Crippen LogP contribution in [0.1, 0.15) is 36.8 Å². The van der Waals surface area contributed by atoms with Crippen LogP contribution in [0.4, 0.5) is 0 Å². The van der Waals surface area contributed by atoms with Crippen LogP contribution in [-0.2, 0) is 17.8 Å². The van der Waals surface area contributed by atoms with Gasteiger partial charge >= 0.3 is 0 Å². The van der Waals surface area contributed by atoms with Crippen LogP contribution in [-0.4, -0.2) is 43.2 Å². The Labute approximate surface area is 173 Å². The van der Waals surface area contributed by atoms with E-state index in [0.29, 0.717) is 25.6 Å². The van der Waals surface area contributed by atoms with Gasteiger partial charge in [-0.1, -0.05) is 36.4 Å². The van der Waals surface area contributed by atoms with Crippen LogP contribution in [0.3, 0.4) is 0 Å². The topological polar surface area (TPSA) is 50.8 Å². The fraction of sp³-hybridized carbons (Fsp3) is 0.458. The van der Waals surface area contributed by atoms with E-state index in [1.807, 2.05) is 54.4 Å². The first-order chi connectivity index (χ1) is 14.1. The van der Waals surface area contributed by atoms with Gasteiger partial charge in [-0.3, -0.25) is 4.79 Å². The van der Waals surface area contributed by atoms with Gasteiger partial charge in [0, 0.05) is 23.7 Å². The summed E-state index contributed by atoms with van der Waals surface area (Å²) in [6.07, 6.45) is 4.36. The van der Waals surface area contributed by atoms with Crippen LogP contribution in [0.15, 0.2) is 48.5 Å². The smallest absolute Gasteiger partial charge is 0.227 e. The molecule has 2 aliphatic rings. The lowest BCUT2D eigenvalue weighted by Crippen LogP contribution is -2.51. The van der Waals surface area contributed by atoms with Gasteiger partial charge in [-0.05, 0) is 44.9 Å². The molecule has 1 amide bonds. The first kappa shape index (κ1) is 19.8. The maximum Gasteiger partial charge on any atom is 0.227 e. The van der Waals surface area contributed by atoms with Gasteiger partial charge in [-0.15, -0.1) is 0 Å². The lowest BCUT2D eigenvalue weighted by molar-refractivity contribution is -0.134. The highest BCUT2D eigenvalue weighted by Gasteiger charge is 2.42. The number of methoxy groups -OCH3 is 1. The van der Waals surface area contributed by atoms with Crippen LogP contribution in [0.25, 0.3) is 0 Å². The second kappa shape index (κ2) is 8.46. The summed E-state index contributed by atoms with van der Waals surface area (Å²) >= 11 is 0. The van der Waals surface area contributed by atoms with Crippen molar-refractivity contribution in [2.75, 3.05) is 20.7 Å². The molecule has 0 saturated heterocycles. The van der Waals surface area contributed by atoms with Crippen LogP contribution >= 0.6 is 0 Å². The van der Waals surface area contributed by atoms with Crippen molar-refractivity contribution in [1.29, 1.82) is 0 Å². The number of hydrogen-bond acceptors (Lipinski definition) is 4. The summed E-state index contributed by atoms with van der Waals surface area (Å²) in [5.74, 6) is 1.80. The number of fused-ring (bicyclic) bond motifs is 1. The molecule has 5 heteroatoms. The molecule has 1 spiro atoms. The fourth-order valence-corrected chi connectivity index (χ4v) is 4.60. The van der Waals surface area contributed by atoms with Crippen molar-refractivity contribution in [2.24, 2.45) is 0 Å². The van der Waals surface area contributed by atoms with Crippen molar-refractivity contribution < 1.29 is 14.3 Å². The zero-order valence-corrected chi connectivity index (χ0v) is 17.3. The molecule has 0 unspecified atom stereocenters. The molecule has 1 saturated carbocycles. The summed E-state index contributed by atoms with van der Waals surface area (Å²) in [6, 6.07) is 16.4. The van der Waals surface area contributed by atoms with Gasteiger partial charge in [-0.2, -0.15) is 0 Å². The largest absolute Gasteiger partial charge is 0.496 e. The Balaban J connectivity index is 1.59. The molecule has 0 bridgehead atoms. The van der Waals surface area contributed by atoms with E-state index >= 15 is 0 Å². The molecule has 2 aromatic rings. The third-order valence-electron chi connectivity index (χ3n) is 6.33. The normalized spacial score (nSPS) is 23.8. The minimum Gasteiger partial charge on any atom is -0.496 e. The summed E-state index contributed by atoms with van der Waals surface area (Å²) in [5, 5.41) is 3.39. The lowest BCUT2D eigenvalue weighted by atomic mass is 9.81. The van der Waals surface area contributed by atoms with E-state index in [2.05, 4.69) is 11.4 Å². The molecule has 1 fully saturated rings. The summed E-state index contributed by atoms with van der Waals surface area (Å²) in [5.41, 5.74) is 1.69. The monoisotopic (exact) mass is 394 g/mol. The Morgan fingerprint density at radius 3 is 2.66 bits per heavy atom. The molecule has 1 N–H and O–H groups in total. The Morgan fingerprint density at radius 2 is 1.90 bits per heavy atom. The number of hydrogen-bond donors (Lipinski definition) is 1. The Bertz CT molecular complexity index is 859.